The number of hydrogen-bond acceptors (Lipinski definition) is 7. The summed E-state index contributed by atoms with van der Waals surface area (Å²) in [6, 6.07) is 5.62. The summed E-state index contributed by atoms with van der Waals surface area (Å²) < 4.78 is 1.87. The van der Waals surface area contributed by atoms with Gasteiger partial charge >= 0.3 is 0 Å². The molecule has 4 rings (SSSR count). The number of anilines is 2. The first-order valence-corrected chi connectivity index (χ1v) is 8.94. The average molecular weight is 366 g/mol. The van der Waals surface area contributed by atoms with Gasteiger partial charge in [-0.1, -0.05) is 0 Å². The molecule has 3 aromatic rings. The Bertz CT molecular complexity index is 969. The number of likely N-dealkylation sites (tertiary alicyclic amines) is 1. The van der Waals surface area contributed by atoms with E-state index < -0.39 is 0 Å². The maximum absolute atomic E-state index is 11.9. The van der Waals surface area contributed by atoms with Crippen LogP contribution in [-0.4, -0.2) is 55.8 Å². The number of amides is 1. The molecule has 0 bridgehead atoms. The second-order valence-electron chi connectivity index (χ2n) is 6.63. The summed E-state index contributed by atoms with van der Waals surface area (Å²) in [6.07, 6.45) is 7.16. The van der Waals surface area contributed by atoms with E-state index in [2.05, 4.69) is 20.3 Å². The number of rotatable bonds is 4. The zero-order valence-electron chi connectivity index (χ0n) is 14.9. The van der Waals surface area contributed by atoms with Gasteiger partial charge in [0.2, 0.25) is 5.91 Å². The molecule has 140 valence electrons. The van der Waals surface area contributed by atoms with Crippen molar-refractivity contribution in [2.45, 2.75) is 18.9 Å². The average Bonchev–Trinajstić information content (AvgIpc) is 3.11. The van der Waals surface area contributed by atoms with Crippen molar-refractivity contribution in [3.05, 3.63) is 36.8 Å². The first-order valence-electron chi connectivity index (χ1n) is 8.94. The molecule has 1 fully saturated rings. The van der Waals surface area contributed by atoms with Crippen LogP contribution in [0, 0.1) is 0 Å². The van der Waals surface area contributed by atoms with Crippen LogP contribution in [-0.2, 0) is 4.79 Å². The zero-order valence-corrected chi connectivity index (χ0v) is 14.9. The van der Waals surface area contributed by atoms with E-state index in [1.165, 1.54) is 0 Å². The molecule has 4 heterocycles. The van der Waals surface area contributed by atoms with E-state index in [1.807, 2.05) is 22.6 Å². The fourth-order valence-electron chi connectivity index (χ4n) is 3.38. The SMILES string of the molecule is NCC(=O)N1CCC[C@@H](Nc2ccnc(-c3cnc4ccc(N)cn34)n2)C1. The van der Waals surface area contributed by atoms with E-state index in [9.17, 15) is 4.79 Å². The Morgan fingerprint density at radius 2 is 2.19 bits per heavy atom. The number of nitrogen functional groups attached to an aromatic ring is 1. The van der Waals surface area contributed by atoms with Gasteiger partial charge in [-0.3, -0.25) is 9.20 Å². The van der Waals surface area contributed by atoms with Crippen LogP contribution in [0.15, 0.2) is 36.8 Å². The summed E-state index contributed by atoms with van der Waals surface area (Å²) in [5.74, 6) is 1.25. The number of fused-ring (bicyclic) bond motifs is 1. The van der Waals surface area contributed by atoms with Crippen molar-refractivity contribution in [2.24, 2.45) is 5.73 Å². The Hall–Kier alpha value is -3.20. The highest BCUT2D eigenvalue weighted by Crippen LogP contribution is 2.21. The summed E-state index contributed by atoms with van der Waals surface area (Å²) in [4.78, 5) is 27.0. The third-order valence-electron chi connectivity index (χ3n) is 4.71. The number of pyridine rings is 1. The molecule has 3 aromatic heterocycles. The van der Waals surface area contributed by atoms with Crippen LogP contribution in [0.25, 0.3) is 17.2 Å². The maximum Gasteiger partial charge on any atom is 0.236 e. The molecule has 27 heavy (non-hydrogen) atoms. The first-order chi connectivity index (χ1) is 13.1. The minimum Gasteiger partial charge on any atom is -0.398 e. The van der Waals surface area contributed by atoms with E-state index in [4.69, 9.17) is 11.5 Å². The highest BCUT2D eigenvalue weighted by molar-refractivity contribution is 5.78. The van der Waals surface area contributed by atoms with Crippen LogP contribution in [0.4, 0.5) is 11.5 Å². The zero-order chi connectivity index (χ0) is 18.8. The molecule has 9 nitrogen and oxygen atoms in total. The lowest BCUT2D eigenvalue weighted by molar-refractivity contribution is -0.130. The molecule has 5 N–H and O–H groups in total. The van der Waals surface area contributed by atoms with Gasteiger partial charge in [0.15, 0.2) is 5.82 Å². The number of nitrogens with one attached hydrogen (secondary N) is 1. The van der Waals surface area contributed by atoms with Gasteiger partial charge in [0, 0.05) is 37.2 Å². The van der Waals surface area contributed by atoms with Crippen LogP contribution in [0.3, 0.4) is 0 Å². The molecule has 1 saturated heterocycles. The molecule has 1 atom stereocenters. The smallest absolute Gasteiger partial charge is 0.236 e. The van der Waals surface area contributed by atoms with Crippen LogP contribution >= 0.6 is 0 Å². The van der Waals surface area contributed by atoms with E-state index >= 15 is 0 Å². The topological polar surface area (TPSA) is 127 Å². The van der Waals surface area contributed by atoms with E-state index in [-0.39, 0.29) is 18.5 Å². The predicted octanol–water partition coefficient (Wildman–Crippen LogP) is 0.735. The third kappa shape index (κ3) is 3.54. The fourth-order valence-corrected chi connectivity index (χ4v) is 3.38. The van der Waals surface area contributed by atoms with Crippen molar-refractivity contribution in [3.8, 4) is 11.5 Å². The molecule has 0 unspecified atom stereocenters. The van der Waals surface area contributed by atoms with Crippen LogP contribution in [0.2, 0.25) is 0 Å². The lowest BCUT2D eigenvalue weighted by atomic mass is 10.1. The van der Waals surface area contributed by atoms with E-state index in [0.717, 1.165) is 30.7 Å². The van der Waals surface area contributed by atoms with Gasteiger partial charge in [-0.15, -0.1) is 0 Å². The second-order valence-corrected chi connectivity index (χ2v) is 6.63. The largest absolute Gasteiger partial charge is 0.398 e. The molecule has 0 aliphatic carbocycles. The molecule has 0 aromatic carbocycles. The maximum atomic E-state index is 11.9. The van der Waals surface area contributed by atoms with Crippen LogP contribution in [0.5, 0.6) is 0 Å². The highest BCUT2D eigenvalue weighted by atomic mass is 16.2. The normalized spacial score (nSPS) is 17.2. The summed E-state index contributed by atoms with van der Waals surface area (Å²) in [5, 5.41) is 3.41. The monoisotopic (exact) mass is 366 g/mol. The number of aromatic nitrogens is 4. The quantitative estimate of drug-likeness (QED) is 0.621. The minimum absolute atomic E-state index is 0.0202. The van der Waals surface area contributed by atoms with Crippen LogP contribution in [0.1, 0.15) is 12.8 Å². The molecule has 0 radical (unpaired) electrons. The van der Waals surface area contributed by atoms with Crippen molar-refractivity contribution in [2.75, 3.05) is 30.7 Å². The number of nitrogens with zero attached hydrogens (tertiary/aromatic N) is 5. The second kappa shape index (κ2) is 7.20. The van der Waals surface area contributed by atoms with E-state index in [1.54, 1.807) is 23.5 Å². The summed E-state index contributed by atoms with van der Waals surface area (Å²) in [6.45, 7) is 1.43. The number of piperidine rings is 1. The van der Waals surface area contributed by atoms with Gasteiger partial charge in [0.05, 0.1) is 12.7 Å². The summed E-state index contributed by atoms with van der Waals surface area (Å²) >= 11 is 0. The Balaban J connectivity index is 1.56. The Morgan fingerprint density at radius 1 is 1.30 bits per heavy atom. The molecule has 9 heteroatoms. The van der Waals surface area contributed by atoms with Gasteiger partial charge in [-0.25, -0.2) is 15.0 Å². The Morgan fingerprint density at radius 3 is 3.04 bits per heavy atom. The van der Waals surface area contributed by atoms with Crippen molar-refractivity contribution >= 4 is 23.1 Å². The van der Waals surface area contributed by atoms with Crippen molar-refractivity contribution in [1.82, 2.24) is 24.3 Å². The molecule has 0 saturated carbocycles. The molecule has 1 aliphatic heterocycles. The van der Waals surface area contributed by atoms with Gasteiger partial charge in [0.1, 0.15) is 17.2 Å². The molecular formula is C18H22N8O. The Kier molecular flexibility index (Phi) is 4.59. The lowest BCUT2D eigenvalue weighted by Gasteiger charge is -2.33. The number of nitrogens with two attached hydrogens (primary N) is 2. The third-order valence-corrected chi connectivity index (χ3v) is 4.71. The van der Waals surface area contributed by atoms with Gasteiger partial charge < -0.3 is 21.7 Å². The highest BCUT2D eigenvalue weighted by Gasteiger charge is 2.23. The number of carbonyl (C=O) groups excluding carboxylic acids is 1. The van der Waals surface area contributed by atoms with Crippen molar-refractivity contribution in [3.63, 3.8) is 0 Å². The molecule has 0 spiro atoms. The van der Waals surface area contributed by atoms with Crippen LogP contribution < -0.4 is 16.8 Å². The van der Waals surface area contributed by atoms with Gasteiger partial charge in [-0.05, 0) is 31.0 Å². The minimum atomic E-state index is -0.0202. The molecule has 1 aliphatic rings. The summed E-state index contributed by atoms with van der Waals surface area (Å²) in [5.41, 5.74) is 13.6. The fraction of sp³-hybridized carbons (Fsp3) is 0.333. The van der Waals surface area contributed by atoms with Gasteiger partial charge in [0.25, 0.3) is 0 Å². The standard InChI is InChI=1S/C18H22N8O/c19-8-17(27)25-7-1-2-13(11-25)23-15-5-6-21-18(24-15)14-9-22-16-4-3-12(20)10-26(14)16/h3-6,9-10,13H,1-2,7-8,11,19-20H2,(H,21,23,24)/t13-/m1/s1. The predicted molar refractivity (Wildman–Crippen MR) is 103 cm³/mol. The molecular weight excluding hydrogens is 344 g/mol. The lowest BCUT2D eigenvalue weighted by Crippen LogP contribution is -2.47. The number of carbonyl (C=O) groups is 1. The van der Waals surface area contributed by atoms with Crippen molar-refractivity contribution in [1.29, 1.82) is 0 Å². The number of imidazole rings is 1. The van der Waals surface area contributed by atoms with Crippen molar-refractivity contribution < 1.29 is 4.79 Å². The Labute approximate surface area is 156 Å². The van der Waals surface area contributed by atoms with Gasteiger partial charge in [-0.2, -0.15) is 0 Å². The summed E-state index contributed by atoms with van der Waals surface area (Å²) in [7, 11) is 0. The number of hydrogen-bond donors (Lipinski definition) is 3. The first kappa shape index (κ1) is 17.2. The molecule has 1 amide bonds. The van der Waals surface area contributed by atoms with E-state index in [0.29, 0.717) is 23.9 Å².